The van der Waals surface area contributed by atoms with E-state index in [-0.39, 0.29) is 6.61 Å². The Kier molecular flexibility index (Phi) is 2.22. The molecule has 1 aromatic carbocycles. The van der Waals surface area contributed by atoms with Crippen LogP contribution >= 0.6 is 11.3 Å². The standard InChI is InChI=1S/C11H13N3OS/c12-8-1-2-9-10(3-8)16-11(13-9)14-4-7(5-14)6-15/h1-3,7,15H,4-6,12H2. The van der Waals surface area contributed by atoms with Gasteiger partial charge in [0.1, 0.15) is 0 Å². The van der Waals surface area contributed by atoms with Gasteiger partial charge in [-0.1, -0.05) is 11.3 Å². The van der Waals surface area contributed by atoms with Crippen molar-refractivity contribution in [2.75, 3.05) is 30.3 Å². The van der Waals surface area contributed by atoms with Crippen molar-refractivity contribution in [3.05, 3.63) is 18.2 Å². The van der Waals surface area contributed by atoms with Crippen LogP contribution in [0.25, 0.3) is 10.2 Å². The third-order valence-electron chi connectivity index (χ3n) is 2.89. The Morgan fingerprint density at radius 3 is 3.06 bits per heavy atom. The first-order valence-electron chi connectivity index (χ1n) is 5.28. The number of benzene rings is 1. The van der Waals surface area contributed by atoms with Crippen LogP contribution in [0.2, 0.25) is 0 Å². The van der Waals surface area contributed by atoms with Crippen molar-refractivity contribution in [1.82, 2.24) is 4.98 Å². The van der Waals surface area contributed by atoms with Crippen molar-refractivity contribution in [3.63, 3.8) is 0 Å². The number of anilines is 2. The lowest BCUT2D eigenvalue weighted by molar-refractivity contribution is 0.201. The average Bonchev–Trinajstić information content (AvgIpc) is 2.58. The van der Waals surface area contributed by atoms with Crippen LogP contribution in [0.15, 0.2) is 18.2 Å². The van der Waals surface area contributed by atoms with E-state index in [1.54, 1.807) is 11.3 Å². The predicted molar refractivity (Wildman–Crippen MR) is 66.8 cm³/mol. The monoisotopic (exact) mass is 235 g/mol. The Balaban J connectivity index is 1.89. The Hall–Kier alpha value is -1.33. The normalized spacial score (nSPS) is 16.7. The number of nitrogens with zero attached hydrogens (tertiary/aromatic N) is 2. The quantitative estimate of drug-likeness (QED) is 0.770. The molecule has 5 heteroatoms. The zero-order valence-electron chi connectivity index (χ0n) is 8.76. The van der Waals surface area contributed by atoms with Crippen molar-refractivity contribution in [1.29, 1.82) is 0 Å². The van der Waals surface area contributed by atoms with E-state index in [0.717, 1.165) is 34.1 Å². The van der Waals surface area contributed by atoms with Gasteiger partial charge < -0.3 is 15.7 Å². The molecule has 0 amide bonds. The first kappa shape index (κ1) is 9.86. The third-order valence-corrected chi connectivity index (χ3v) is 3.97. The van der Waals surface area contributed by atoms with Gasteiger partial charge in [-0.15, -0.1) is 0 Å². The maximum absolute atomic E-state index is 8.97. The molecule has 0 atom stereocenters. The Morgan fingerprint density at radius 2 is 2.31 bits per heavy atom. The number of nitrogens with two attached hydrogens (primary N) is 1. The highest BCUT2D eigenvalue weighted by Crippen LogP contribution is 2.33. The van der Waals surface area contributed by atoms with Crippen molar-refractivity contribution in [2.24, 2.45) is 5.92 Å². The molecule has 1 fully saturated rings. The summed E-state index contributed by atoms with van der Waals surface area (Å²) in [5, 5.41) is 10.00. The largest absolute Gasteiger partial charge is 0.399 e. The molecule has 4 nitrogen and oxygen atoms in total. The van der Waals surface area contributed by atoms with Crippen LogP contribution in [0.3, 0.4) is 0 Å². The predicted octanol–water partition coefficient (Wildman–Crippen LogP) is 1.31. The van der Waals surface area contributed by atoms with Crippen molar-refractivity contribution < 1.29 is 5.11 Å². The number of hydrogen-bond acceptors (Lipinski definition) is 5. The molecule has 3 rings (SSSR count). The summed E-state index contributed by atoms with van der Waals surface area (Å²) in [5.74, 6) is 0.414. The van der Waals surface area contributed by atoms with Crippen LogP contribution in [-0.4, -0.2) is 29.8 Å². The van der Waals surface area contributed by atoms with Gasteiger partial charge in [0.15, 0.2) is 5.13 Å². The summed E-state index contributed by atoms with van der Waals surface area (Å²) in [6, 6.07) is 5.78. The second-order valence-corrected chi connectivity index (χ2v) is 5.19. The van der Waals surface area contributed by atoms with Crippen LogP contribution < -0.4 is 10.6 Å². The summed E-state index contributed by atoms with van der Waals surface area (Å²) in [6.07, 6.45) is 0. The van der Waals surface area contributed by atoms with Crippen LogP contribution in [0.5, 0.6) is 0 Å². The highest BCUT2D eigenvalue weighted by molar-refractivity contribution is 7.22. The maximum Gasteiger partial charge on any atom is 0.186 e. The van der Waals surface area contributed by atoms with Crippen molar-refractivity contribution in [2.45, 2.75) is 0 Å². The lowest BCUT2D eigenvalue weighted by atomic mass is 10.0. The van der Waals surface area contributed by atoms with E-state index < -0.39 is 0 Å². The Labute approximate surface area is 97.3 Å². The van der Waals surface area contributed by atoms with E-state index in [1.165, 1.54) is 0 Å². The fourth-order valence-corrected chi connectivity index (χ4v) is 2.94. The van der Waals surface area contributed by atoms with Crippen molar-refractivity contribution in [3.8, 4) is 0 Å². The highest BCUT2D eigenvalue weighted by Gasteiger charge is 2.28. The van der Waals surface area contributed by atoms with Crippen LogP contribution in [0, 0.1) is 5.92 Å². The molecule has 1 saturated heterocycles. The number of fused-ring (bicyclic) bond motifs is 1. The van der Waals surface area contributed by atoms with Crippen LogP contribution in [0.1, 0.15) is 0 Å². The van der Waals surface area contributed by atoms with Gasteiger partial charge in [-0.05, 0) is 18.2 Å². The summed E-state index contributed by atoms with van der Waals surface area (Å²) in [6.45, 7) is 2.09. The zero-order chi connectivity index (χ0) is 11.1. The molecule has 16 heavy (non-hydrogen) atoms. The first-order chi connectivity index (χ1) is 7.76. The molecule has 1 aromatic heterocycles. The van der Waals surface area contributed by atoms with E-state index >= 15 is 0 Å². The van der Waals surface area contributed by atoms with Crippen LogP contribution in [-0.2, 0) is 0 Å². The molecule has 0 bridgehead atoms. The minimum atomic E-state index is 0.272. The molecule has 2 aromatic rings. The van der Waals surface area contributed by atoms with Gasteiger partial charge in [-0.25, -0.2) is 4.98 Å². The van der Waals surface area contributed by atoms with Gasteiger partial charge in [-0.2, -0.15) is 0 Å². The summed E-state index contributed by atoms with van der Waals surface area (Å²) in [4.78, 5) is 6.75. The van der Waals surface area contributed by atoms with E-state index in [2.05, 4.69) is 9.88 Å². The SMILES string of the molecule is Nc1ccc2nc(N3CC(CO)C3)sc2c1. The lowest BCUT2D eigenvalue weighted by Crippen LogP contribution is -2.48. The molecule has 1 aliphatic heterocycles. The van der Waals surface area contributed by atoms with Gasteiger partial charge >= 0.3 is 0 Å². The van der Waals surface area contributed by atoms with E-state index in [1.807, 2.05) is 18.2 Å². The van der Waals surface area contributed by atoms with Gasteiger partial charge in [0.2, 0.25) is 0 Å². The van der Waals surface area contributed by atoms with Gasteiger partial charge in [0, 0.05) is 31.3 Å². The molecular weight excluding hydrogens is 222 g/mol. The van der Waals surface area contributed by atoms with Crippen LogP contribution in [0.4, 0.5) is 10.8 Å². The zero-order valence-corrected chi connectivity index (χ0v) is 9.57. The molecule has 0 aliphatic carbocycles. The molecule has 3 N–H and O–H groups in total. The topological polar surface area (TPSA) is 62.4 Å². The van der Waals surface area contributed by atoms with E-state index in [0.29, 0.717) is 5.92 Å². The summed E-state index contributed by atoms with van der Waals surface area (Å²) >= 11 is 1.66. The maximum atomic E-state index is 8.97. The minimum Gasteiger partial charge on any atom is -0.399 e. The van der Waals surface area contributed by atoms with Crippen molar-refractivity contribution >= 4 is 32.4 Å². The fraction of sp³-hybridized carbons (Fsp3) is 0.364. The van der Waals surface area contributed by atoms with Gasteiger partial charge in [-0.3, -0.25) is 0 Å². The third kappa shape index (κ3) is 1.52. The number of hydrogen-bond donors (Lipinski definition) is 2. The number of aromatic nitrogens is 1. The summed E-state index contributed by atoms with van der Waals surface area (Å²) in [7, 11) is 0. The molecular formula is C11H13N3OS. The second-order valence-electron chi connectivity index (χ2n) is 4.18. The number of aliphatic hydroxyl groups excluding tert-OH is 1. The smallest absolute Gasteiger partial charge is 0.186 e. The van der Waals surface area contributed by atoms with Gasteiger partial charge in [0.25, 0.3) is 0 Å². The summed E-state index contributed by atoms with van der Waals surface area (Å²) in [5.41, 5.74) is 7.51. The molecule has 1 aliphatic rings. The highest BCUT2D eigenvalue weighted by atomic mass is 32.1. The molecule has 0 spiro atoms. The Morgan fingerprint density at radius 1 is 1.50 bits per heavy atom. The molecule has 0 unspecified atom stereocenters. The van der Waals surface area contributed by atoms with E-state index in [4.69, 9.17) is 10.8 Å². The van der Waals surface area contributed by atoms with Gasteiger partial charge in [0.05, 0.1) is 10.2 Å². The molecule has 0 radical (unpaired) electrons. The lowest BCUT2D eigenvalue weighted by Gasteiger charge is -2.37. The second kappa shape index (κ2) is 3.61. The molecule has 0 saturated carbocycles. The van der Waals surface area contributed by atoms with E-state index in [9.17, 15) is 0 Å². The summed E-state index contributed by atoms with van der Waals surface area (Å²) < 4.78 is 1.13. The number of aliphatic hydroxyl groups is 1. The minimum absolute atomic E-state index is 0.272. The average molecular weight is 235 g/mol. The molecule has 2 heterocycles. The Bertz CT molecular complexity index is 519. The number of rotatable bonds is 2. The number of nitrogen functional groups attached to an aromatic ring is 1. The molecule has 84 valence electrons. The fourth-order valence-electron chi connectivity index (χ4n) is 1.91. The first-order valence-corrected chi connectivity index (χ1v) is 6.10. The number of thiazole rings is 1.